The van der Waals surface area contributed by atoms with E-state index in [0.29, 0.717) is 0 Å². The largest absolute Gasteiger partial charge is 0.313 e. The van der Waals surface area contributed by atoms with Gasteiger partial charge in [0.15, 0.2) is 0 Å². The second kappa shape index (κ2) is 2.27. The highest BCUT2D eigenvalue weighted by Gasteiger charge is 2.25. The average molecular weight is 128 g/mol. The maximum absolute atomic E-state index is 5.75. The van der Waals surface area contributed by atoms with Gasteiger partial charge in [-0.25, -0.2) is 0 Å². The summed E-state index contributed by atoms with van der Waals surface area (Å²) in [5.41, 5.74) is 11.1. The summed E-state index contributed by atoms with van der Waals surface area (Å²) < 4.78 is 0. The molecule has 1 aliphatic rings. The molecule has 9 heavy (non-hydrogen) atoms. The fraction of sp³-hybridized carbons (Fsp3) is 1.00. The molecule has 0 aromatic carbocycles. The molecule has 1 aliphatic carbocycles. The van der Waals surface area contributed by atoms with Crippen LogP contribution in [0.4, 0.5) is 0 Å². The van der Waals surface area contributed by atoms with Gasteiger partial charge in [-0.05, 0) is 18.8 Å². The zero-order valence-corrected chi connectivity index (χ0v) is 6.06. The van der Waals surface area contributed by atoms with E-state index in [2.05, 4.69) is 6.92 Å². The summed E-state index contributed by atoms with van der Waals surface area (Å²) in [6, 6.07) is 0. The molecule has 0 spiro atoms. The molecule has 4 N–H and O–H groups in total. The molecule has 54 valence electrons. The molecule has 0 bridgehead atoms. The minimum atomic E-state index is -0.350. The second-order valence-corrected chi connectivity index (χ2v) is 3.43. The molecule has 1 rings (SSSR count). The van der Waals surface area contributed by atoms with Crippen LogP contribution in [0.5, 0.6) is 0 Å². The lowest BCUT2D eigenvalue weighted by atomic mass is 9.83. The first kappa shape index (κ1) is 7.03. The number of rotatable bonds is 0. The molecule has 0 unspecified atom stereocenters. The van der Waals surface area contributed by atoms with Gasteiger partial charge in [-0.1, -0.05) is 19.8 Å². The van der Waals surface area contributed by atoms with E-state index in [1.54, 1.807) is 0 Å². The van der Waals surface area contributed by atoms with Crippen LogP contribution >= 0.6 is 0 Å². The van der Waals surface area contributed by atoms with Gasteiger partial charge in [0, 0.05) is 0 Å². The van der Waals surface area contributed by atoms with Gasteiger partial charge in [-0.2, -0.15) is 0 Å². The van der Waals surface area contributed by atoms with Crippen molar-refractivity contribution in [2.45, 2.75) is 38.3 Å². The predicted octanol–water partition coefficient (Wildman–Crippen LogP) is 0.810. The summed E-state index contributed by atoms with van der Waals surface area (Å²) in [5.74, 6) is 0.730. The van der Waals surface area contributed by atoms with Crippen LogP contribution in [-0.2, 0) is 0 Å². The molecule has 2 nitrogen and oxygen atoms in total. The van der Waals surface area contributed by atoms with Crippen LogP contribution < -0.4 is 11.5 Å². The molecular formula is C7H16N2. The number of nitrogens with two attached hydrogens (primary N) is 2. The minimum Gasteiger partial charge on any atom is -0.313 e. The van der Waals surface area contributed by atoms with E-state index in [4.69, 9.17) is 11.5 Å². The zero-order chi connectivity index (χ0) is 6.91. The van der Waals surface area contributed by atoms with Crippen molar-refractivity contribution in [1.82, 2.24) is 0 Å². The van der Waals surface area contributed by atoms with E-state index >= 15 is 0 Å². The topological polar surface area (TPSA) is 52.0 Å². The fourth-order valence-electron chi connectivity index (χ4n) is 1.63. The van der Waals surface area contributed by atoms with Gasteiger partial charge in [0.05, 0.1) is 5.66 Å². The van der Waals surface area contributed by atoms with Gasteiger partial charge >= 0.3 is 0 Å². The second-order valence-electron chi connectivity index (χ2n) is 3.43. The molecular weight excluding hydrogens is 112 g/mol. The first-order valence-electron chi connectivity index (χ1n) is 3.68. The van der Waals surface area contributed by atoms with Crippen LogP contribution in [0.3, 0.4) is 0 Å². The lowest BCUT2D eigenvalue weighted by Gasteiger charge is -2.32. The van der Waals surface area contributed by atoms with E-state index in [-0.39, 0.29) is 5.66 Å². The van der Waals surface area contributed by atoms with Crippen molar-refractivity contribution >= 4 is 0 Å². The Hall–Kier alpha value is -0.0800. The lowest BCUT2D eigenvalue weighted by Crippen LogP contribution is -2.52. The van der Waals surface area contributed by atoms with Crippen LogP contribution in [0.2, 0.25) is 0 Å². The highest BCUT2D eigenvalue weighted by atomic mass is 15.0. The summed E-state index contributed by atoms with van der Waals surface area (Å²) in [6.07, 6.45) is 4.49. The Morgan fingerprint density at radius 1 is 1.44 bits per heavy atom. The van der Waals surface area contributed by atoms with Gasteiger partial charge in [0.25, 0.3) is 0 Å². The third-order valence-corrected chi connectivity index (χ3v) is 2.07. The lowest BCUT2D eigenvalue weighted by molar-refractivity contribution is 0.243. The van der Waals surface area contributed by atoms with Gasteiger partial charge in [-0.15, -0.1) is 0 Å². The standard InChI is InChI=1S/C7H16N2/c1-6-3-2-4-7(8,9)5-6/h6H,2-5,8-9H2,1H3/t6-/m1/s1. The Morgan fingerprint density at radius 2 is 2.11 bits per heavy atom. The number of hydrogen-bond donors (Lipinski definition) is 2. The van der Waals surface area contributed by atoms with Gasteiger partial charge in [-0.3, -0.25) is 0 Å². The zero-order valence-electron chi connectivity index (χ0n) is 6.06. The Morgan fingerprint density at radius 3 is 2.44 bits per heavy atom. The molecule has 0 amide bonds. The van der Waals surface area contributed by atoms with Crippen molar-refractivity contribution in [3.63, 3.8) is 0 Å². The highest BCUT2D eigenvalue weighted by molar-refractivity contribution is 4.83. The summed E-state index contributed by atoms with van der Waals surface area (Å²) in [5, 5.41) is 0. The first-order valence-corrected chi connectivity index (χ1v) is 3.68. The normalized spacial score (nSPS) is 34.3. The Bertz CT molecular complexity index is 99.1. The van der Waals surface area contributed by atoms with Crippen molar-refractivity contribution in [2.75, 3.05) is 0 Å². The van der Waals surface area contributed by atoms with Gasteiger partial charge in [0.2, 0.25) is 0 Å². The molecule has 1 atom stereocenters. The molecule has 0 saturated heterocycles. The van der Waals surface area contributed by atoms with E-state index in [9.17, 15) is 0 Å². The van der Waals surface area contributed by atoms with Crippen molar-refractivity contribution in [3.05, 3.63) is 0 Å². The molecule has 1 fully saturated rings. The fourth-order valence-corrected chi connectivity index (χ4v) is 1.63. The van der Waals surface area contributed by atoms with Crippen LogP contribution in [0.15, 0.2) is 0 Å². The van der Waals surface area contributed by atoms with E-state index < -0.39 is 0 Å². The Balaban J connectivity index is 2.41. The summed E-state index contributed by atoms with van der Waals surface area (Å²) >= 11 is 0. The van der Waals surface area contributed by atoms with Crippen molar-refractivity contribution in [3.8, 4) is 0 Å². The van der Waals surface area contributed by atoms with Crippen LogP contribution in [-0.4, -0.2) is 5.66 Å². The first-order chi connectivity index (χ1) is 4.10. The molecule has 2 heteroatoms. The Kier molecular flexibility index (Phi) is 1.78. The third kappa shape index (κ3) is 1.95. The molecule has 0 aromatic heterocycles. The van der Waals surface area contributed by atoms with Crippen LogP contribution in [0.25, 0.3) is 0 Å². The summed E-state index contributed by atoms with van der Waals surface area (Å²) in [6.45, 7) is 2.22. The molecule has 0 aromatic rings. The van der Waals surface area contributed by atoms with E-state index in [0.717, 1.165) is 18.8 Å². The molecule has 0 radical (unpaired) electrons. The SMILES string of the molecule is C[C@@H]1CCCC(N)(N)C1. The molecule has 1 saturated carbocycles. The number of hydrogen-bond acceptors (Lipinski definition) is 2. The maximum Gasteiger partial charge on any atom is 0.0639 e. The smallest absolute Gasteiger partial charge is 0.0639 e. The van der Waals surface area contributed by atoms with Crippen LogP contribution in [0, 0.1) is 5.92 Å². The molecule has 0 heterocycles. The maximum atomic E-state index is 5.75. The van der Waals surface area contributed by atoms with E-state index in [1.165, 1.54) is 12.8 Å². The van der Waals surface area contributed by atoms with E-state index in [1.807, 2.05) is 0 Å². The summed E-state index contributed by atoms with van der Waals surface area (Å²) in [4.78, 5) is 0. The quantitative estimate of drug-likeness (QED) is 0.474. The summed E-state index contributed by atoms with van der Waals surface area (Å²) in [7, 11) is 0. The monoisotopic (exact) mass is 128 g/mol. The predicted molar refractivity (Wildman–Crippen MR) is 38.7 cm³/mol. The average Bonchev–Trinajstić information content (AvgIpc) is 1.60. The Labute approximate surface area is 56.6 Å². The van der Waals surface area contributed by atoms with Crippen LogP contribution in [0.1, 0.15) is 32.6 Å². The van der Waals surface area contributed by atoms with Crippen molar-refractivity contribution in [2.24, 2.45) is 17.4 Å². The van der Waals surface area contributed by atoms with Crippen molar-refractivity contribution < 1.29 is 0 Å². The van der Waals surface area contributed by atoms with Gasteiger partial charge in [0.1, 0.15) is 0 Å². The minimum absolute atomic E-state index is 0.350. The molecule has 0 aliphatic heterocycles. The van der Waals surface area contributed by atoms with Crippen molar-refractivity contribution in [1.29, 1.82) is 0 Å². The van der Waals surface area contributed by atoms with Gasteiger partial charge < -0.3 is 11.5 Å². The third-order valence-electron chi connectivity index (χ3n) is 2.07. The highest BCUT2D eigenvalue weighted by Crippen LogP contribution is 2.26.